The molecule has 0 N–H and O–H groups in total. The van der Waals surface area contributed by atoms with E-state index in [2.05, 4.69) is 11.9 Å². The molecule has 4 heteroatoms. The van der Waals surface area contributed by atoms with E-state index in [0.29, 0.717) is 5.88 Å². The second-order valence-corrected chi connectivity index (χ2v) is 1.71. The maximum absolute atomic E-state index is 4.83. The number of hydrogen-bond acceptors (Lipinski definition) is 2. The van der Waals surface area contributed by atoms with Crippen molar-refractivity contribution in [3.63, 3.8) is 0 Å². The van der Waals surface area contributed by atoms with Gasteiger partial charge in [-0.2, -0.15) is 18.6 Å². The van der Waals surface area contributed by atoms with Crippen LogP contribution < -0.4 is 4.74 Å². The Balaban J connectivity index is 0.000000461. The number of rotatable bonds is 1. The molecule has 1 rings (SSSR count). The molecule has 0 saturated carbocycles. The average Bonchev–Trinajstić information content (AvgIpc) is 2.10. The van der Waals surface area contributed by atoms with Crippen molar-refractivity contribution in [2.45, 2.75) is 0 Å². The van der Waals surface area contributed by atoms with Crippen LogP contribution in [-0.4, -0.2) is 12.1 Å². The molecule has 11 heavy (non-hydrogen) atoms. The molecule has 0 fully saturated rings. The van der Waals surface area contributed by atoms with Crippen LogP contribution in [0, 0.1) is 6.92 Å². The van der Waals surface area contributed by atoms with Crippen molar-refractivity contribution in [1.82, 2.24) is 4.98 Å². The predicted molar refractivity (Wildman–Crippen MR) is 41.1 cm³/mol. The van der Waals surface area contributed by atoms with E-state index in [4.69, 9.17) is 14.4 Å². The van der Waals surface area contributed by atoms with Gasteiger partial charge in [-0.05, 0) is 0 Å². The molecule has 56 valence electrons. The standard InChI is InChI=1S/C7H8NO.ClH.Zn/c1-6-3-4-7(9-2)8-5-6;;/h3-5H,1H2,2H3;1H;/q-1;;+2/p-1. The van der Waals surface area contributed by atoms with Gasteiger partial charge in [-0.25, -0.2) is 0 Å². The first-order valence-electron chi connectivity index (χ1n) is 2.91. The van der Waals surface area contributed by atoms with Crippen LogP contribution in [0.1, 0.15) is 5.56 Å². The van der Waals surface area contributed by atoms with E-state index in [-0.39, 0.29) is 0 Å². The van der Waals surface area contributed by atoms with Crippen molar-refractivity contribution < 1.29 is 22.0 Å². The van der Waals surface area contributed by atoms with E-state index in [1.807, 2.05) is 6.07 Å². The third-order valence-electron chi connectivity index (χ3n) is 1.01. The Hall–Kier alpha value is -0.267. The zero-order valence-electron chi connectivity index (χ0n) is 6.38. The molecule has 0 aliphatic heterocycles. The van der Waals surface area contributed by atoms with Crippen LogP contribution in [-0.2, 0) is 17.3 Å². The van der Waals surface area contributed by atoms with Crippen molar-refractivity contribution in [2.24, 2.45) is 0 Å². The molecule has 0 unspecified atom stereocenters. The second kappa shape index (κ2) is 6.44. The zero-order valence-corrected chi connectivity index (χ0v) is 10.1. The van der Waals surface area contributed by atoms with Crippen LogP contribution in [0.5, 0.6) is 5.88 Å². The third kappa shape index (κ3) is 4.23. The predicted octanol–water partition coefficient (Wildman–Crippen LogP) is 1.96. The Kier molecular flexibility index (Phi) is 6.29. The van der Waals surface area contributed by atoms with Crippen molar-refractivity contribution in [3.05, 3.63) is 30.8 Å². The number of nitrogens with zero attached hydrogens (tertiary/aromatic N) is 1. The molecule has 0 saturated heterocycles. The van der Waals surface area contributed by atoms with Crippen molar-refractivity contribution >= 4 is 9.69 Å². The molecule has 2 nitrogen and oxygen atoms in total. The van der Waals surface area contributed by atoms with Crippen molar-refractivity contribution in [2.75, 3.05) is 7.11 Å². The van der Waals surface area contributed by atoms with E-state index in [0.717, 1.165) is 22.9 Å². The Morgan fingerprint density at radius 2 is 2.18 bits per heavy atom. The summed E-state index contributed by atoms with van der Waals surface area (Å²) in [6.07, 6.45) is 1.67. The fourth-order valence-electron chi connectivity index (χ4n) is 0.532. The van der Waals surface area contributed by atoms with Gasteiger partial charge in [-0.3, -0.25) is 4.98 Å². The van der Waals surface area contributed by atoms with Gasteiger partial charge in [0.25, 0.3) is 0 Å². The summed E-state index contributed by atoms with van der Waals surface area (Å²) in [6, 6.07) is 3.63. The van der Waals surface area contributed by atoms with Crippen LogP contribution in [0.15, 0.2) is 18.3 Å². The Morgan fingerprint density at radius 3 is 2.55 bits per heavy atom. The maximum atomic E-state index is 4.83. The fraction of sp³-hybridized carbons (Fsp3) is 0.143. The first-order valence-corrected chi connectivity index (χ1v) is 6.81. The van der Waals surface area contributed by atoms with Gasteiger partial charge in [0, 0.05) is 0 Å². The number of hydrogen-bond donors (Lipinski definition) is 0. The molecule has 0 aromatic carbocycles. The van der Waals surface area contributed by atoms with Gasteiger partial charge in [-0.1, -0.05) is 12.3 Å². The van der Waals surface area contributed by atoms with Gasteiger partial charge in [0.2, 0.25) is 0 Å². The third-order valence-corrected chi connectivity index (χ3v) is 1.01. The van der Waals surface area contributed by atoms with E-state index < -0.39 is 0 Å². The van der Waals surface area contributed by atoms with Gasteiger partial charge in [-0.15, -0.1) is 0 Å². The summed E-state index contributed by atoms with van der Waals surface area (Å²) in [6.45, 7) is 3.68. The normalized spacial score (nSPS) is 8.00. The zero-order chi connectivity index (χ0) is 8.69. The number of halogens is 1. The van der Waals surface area contributed by atoms with Crippen LogP contribution >= 0.6 is 9.69 Å². The van der Waals surface area contributed by atoms with E-state index in [9.17, 15) is 0 Å². The summed E-state index contributed by atoms with van der Waals surface area (Å²) in [5, 5.41) is 0. The summed E-state index contributed by atoms with van der Waals surface area (Å²) in [7, 11) is 6.35. The van der Waals surface area contributed by atoms with Crippen LogP contribution in [0.4, 0.5) is 0 Å². The number of pyridine rings is 1. The van der Waals surface area contributed by atoms with Gasteiger partial charge in [0.05, 0.1) is 7.11 Å². The molecular formula is C7H8ClNOZn. The first kappa shape index (κ1) is 10.7. The van der Waals surface area contributed by atoms with Gasteiger partial charge >= 0.3 is 27.0 Å². The molecule has 0 radical (unpaired) electrons. The molecule has 1 aromatic heterocycles. The van der Waals surface area contributed by atoms with E-state index >= 15 is 0 Å². The van der Waals surface area contributed by atoms with E-state index in [1.54, 1.807) is 19.4 Å². The molecule has 1 aromatic rings. The number of aromatic nitrogens is 1. The first-order chi connectivity index (χ1) is 5.33. The minimum atomic E-state index is 0.627. The summed E-state index contributed by atoms with van der Waals surface area (Å²) in [5.74, 6) is 0.627. The molecular weight excluding hydrogens is 215 g/mol. The summed E-state index contributed by atoms with van der Waals surface area (Å²) >= 11 is 0.847. The Bertz CT molecular complexity index is 190. The van der Waals surface area contributed by atoms with Crippen molar-refractivity contribution in [1.29, 1.82) is 0 Å². The van der Waals surface area contributed by atoms with Crippen LogP contribution in [0.3, 0.4) is 0 Å². The summed E-state index contributed by atoms with van der Waals surface area (Å²) < 4.78 is 4.83. The summed E-state index contributed by atoms with van der Waals surface area (Å²) in [4.78, 5) is 3.91. The Labute approximate surface area is 80.6 Å². The van der Waals surface area contributed by atoms with Crippen LogP contribution in [0.2, 0.25) is 0 Å². The van der Waals surface area contributed by atoms with Gasteiger partial charge < -0.3 is 4.74 Å². The topological polar surface area (TPSA) is 22.1 Å². The summed E-state index contributed by atoms with van der Waals surface area (Å²) in [5.41, 5.74) is 0.899. The molecule has 0 bridgehead atoms. The van der Waals surface area contributed by atoms with Crippen LogP contribution in [0.25, 0.3) is 0 Å². The van der Waals surface area contributed by atoms with E-state index in [1.165, 1.54) is 0 Å². The molecule has 0 aliphatic rings. The molecule has 0 atom stereocenters. The van der Waals surface area contributed by atoms with Crippen molar-refractivity contribution in [3.8, 4) is 5.88 Å². The molecule has 0 aliphatic carbocycles. The van der Waals surface area contributed by atoms with Gasteiger partial charge in [0.15, 0.2) is 5.88 Å². The SMILES string of the molecule is [CH2-]c1ccc(OC)nc1.[Cl][Zn+]. The fourth-order valence-corrected chi connectivity index (χ4v) is 0.532. The quantitative estimate of drug-likeness (QED) is 0.536. The number of ether oxygens (including phenoxy) is 1. The molecule has 0 amide bonds. The average molecular weight is 223 g/mol. The van der Waals surface area contributed by atoms with Gasteiger partial charge in [0.1, 0.15) is 0 Å². The molecule has 1 heterocycles. The second-order valence-electron chi connectivity index (χ2n) is 1.71. The minimum absolute atomic E-state index is 0.627. The Morgan fingerprint density at radius 1 is 1.55 bits per heavy atom. The molecule has 0 spiro atoms. The monoisotopic (exact) mass is 221 g/mol. The number of methoxy groups -OCH3 is 1.